The molecule has 1 aromatic heterocycles. The van der Waals surface area contributed by atoms with E-state index >= 15 is 0 Å². The first-order valence-corrected chi connectivity index (χ1v) is 12.2. The molecule has 0 radical (unpaired) electrons. The summed E-state index contributed by atoms with van der Waals surface area (Å²) in [5.74, 6) is -2.04. The van der Waals surface area contributed by atoms with Crippen LogP contribution in [0.2, 0.25) is 0 Å². The van der Waals surface area contributed by atoms with Gasteiger partial charge in [-0.3, -0.25) is 9.59 Å². The Morgan fingerprint density at radius 1 is 1.32 bits per heavy atom. The topological polar surface area (TPSA) is 84.0 Å². The second-order valence-electron chi connectivity index (χ2n) is 7.54. The monoisotopic (exact) mass is 468 g/mol. The van der Waals surface area contributed by atoms with Crippen molar-refractivity contribution in [1.29, 1.82) is 0 Å². The molecule has 1 fully saturated rings. The van der Waals surface area contributed by atoms with Crippen molar-refractivity contribution in [2.24, 2.45) is 5.92 Å². The minimum absolute atomic E-state index is 0.0269. The molecule has 168 valence electrons. The Hall–Kier alpha value is -2.30. The van der Waals surface area contributed by atoms with Gasteiger partial charge in [0.1, 0.15) is 10.0 Å². The van der Waals surface area contributed by atoms with Crippen LogP contribution >= 0.6 is 11.3 Å². The van der Waals surface area contributed by atoms with Crippen molar-refractivity contribution in [3.63, 3.8) is 0 Å². The molecular formula is C21H25FN2O5S2. The van der Waals surface area contributed by atoms with Gasteiger partial charge in [-0.2, -0.15) is 4.31 Å². The highest BCUT2D eigenvalue weighted by molar-refractivity contribution is 7.91. The molecule has 1 aliphatic heterocycles. The standard InChI is InChI=1S/C21H25FN2O5S2/c1-15(20(25)23(2)13-16-6-3-8-18(22)12-16)29-21(26)17-7-4-10-24(14-17)31(27,28)19-9-5-11-30-19/h3,5-6,8-9,11-12,15,17H,4,7,10,13-14H2,1-2H3. The van der Waals surface area contributed by atoms with E-state index in [4.69, 9.17) is 4.74 Å². The summed E-state index contributed by atoms with van der Waals surface area (Å²) in [5.41, 5.74) is 0.621. The maximum absolute atomic E-state index is 13.3. The highest BCUT2D eigenvalue weighted by Crippen LogP contribution is 2.27. The van der Waals surface area contributed by atoms with Gasteiger partial charge in [-0.05, 0) is 48.9 Å². The van der Waals surface area contributed by atoms with Crippen molar-refractivity contribution in [2.75, 3.05) is 20.1 Å². The largest absolute Gasteiger partial charge is 0.452 e. The SMILES string of the molecule is CC(OC(=O)C1CCCN(S(=O)(=O)c2cccs2)C1)C(=O)N(C)Cc1cccc(F)c1. The fraction of sp³-hybridized carbons (Fsp3) is 0.429. The maximum Gasteiger partial charge on any atom is 0.311 e. The average molecular weight is 469 g/mol. The normalized spacial score (nSPS) is 18.4. The van der Waals surface area contributed by atoms with Crippen LogP contribution in [0, 0.1) is 11.7 Å². The average Bonchev–Trinajstić information content (AvgIpc) is 3.29. The Morgan fingerprint density at radius 2 is 2.10 bits per heavy atom. The third-order valence-electron chi connectivity index (χ3n) is 5.13. The summed E-state index contributed by atoms with van der Waals surface area (Å²) in [6.45, 7) is 2.02. The Balaban J connectivity index is 1.57. The van der Waals surface area contributed by atoms with E-state index in [-0.39, 0.29) is 17.3 Å². The van der Waals surface area contributed by atoms with E-state index in [0.29, 0.717) is 24.9 Å². The van der Waals surface area contributed by atoms with Gasteiger partial charge in [0.05, 0.1) is 5.92 Å². The van der Waals surface area contributed by atoms with E-state index in [2.05, 4.69) is 0 Å². The molecule has 0 spiro atoms. The highest BCUT2D eigenvalue weighted by atomic mass is 32.2. The lowest BCUT2D eigenvalue weighted by atomic mass is 10.00. The lowest BCUT2D eigenvalue weighted by Crippen LogP contribution is -2.44. The molecule has 31 heavy (non-hydrogen) atoms. The van der Waals surface area contributed by atoms with Crippen molar-refractivity contribution in [3.05, 3.63) is 53.2 Å². The molecule has 7 nitrogen and oxygen atoms in total. The zero-order valence-electron chi connectivity index (χ0n) is 17.4. The summed E-state index contributed by atoms with van der Waals surface area (Å²) >= 11 is 1.13. The minimum atomic E-state index is -3.64. The quantitative estimate of drug-likeness (QED) is 0.584. The number of likely N-dealkylation sites (N-methyl/N-ethyl adjacent to an activating group) is 1. The number of rotatable bonds is 7. The van der Waals surface area contributed by atoms with Crippen LogP contribution in [-0.4, -0.2) is 55.7 Å². The number of carbonyl (C=O) groups excluding carboxylic acids is 2. The zero-order chi connectivity index (χ0) is 22.6. The predicted molar refractivity (Wildman–Crippen MR) is 114 cm³/mol. The molecule has 1 aromatic carbocycles. The second kappa shape index (κ2) is 9.88. The molecule has 2 atom stereocenters. The van der Waals surface area contributed by atoms with Crippen LogP contribution in [0.4, 0.5) is 4.39 Å². The van der Waals surface area contributed by atoms with Gasteiger partial charge in [0.2, 0.25) is 0 Å². The molecule has 0 saturated carbocycles. The van der Waals surface area contributed by atoms with Crippen LogP contribution in [-0.2, 0) is 30.9 Å². The van der Waals surface area contributed by atoms with Crippen molar-refractivity contribution in [1.82, 2.24) is 9.21 Å². The molecule has 1 saturated heterocycles. The van der Waals surface area contributed by atoms with Gasteiger partial charge < -0.3 is 9.64 Å². The summed E-state index contributed by atoms with van der Waals surface area (Å²) < 4.78 is 45.7. The number of hydrogen-bond acceptors (Lipinski definition) is 6. The minimum Gasteiger partial charge on any atom is -0.452 e. The first-order valence-electron chi connectivity index (χ1n) is 9.92. The number of benzene rings is 1. The van der Waals surface area contributed by atoms with Crippen LogP contribution in [0.5, 0.6) is 0 Å². The van der Waals surface area contributed by atoms with Crippen LogP contribution in [0.1, 0.15) is 25.3 Å². The fourth-order valence-corrected chi connectivity index (χ4v) is 6.18. The van der Waals surface area contributed by atoms with Gasteiger partial charge in [0.25, 0.3) is 15.9 Å². The van der Waals surface area contributed by atoms with Gasteiger partial charge in [0.15, 0.2) is 6.10 Å². The lowest BCUT2D eigenvalue weighted by molar-refractivity contribution is -0.163. The molecule has 10 heteroatoms. The van der Waals surface area contributed by atoms with E-state index in [1.807, 2.05) is 0 Å². The molecule has 0 N–H and O–H groups in total. The Bertz CT molecular complexity index is 1030. The molecule has 1 aliphatic rings. The number of hydrogen-bond donors (Lipinski definition) is 0. The van der Waals surface area contributed by atoms with Crippen LogP contribution in [0.15, 0.2) is 46.0 Å². The Labute approximate surface area is 185 Å². The van der Waals surface area contributed by atoms with Crippen LogP contribution in [0.3, 0.4) is 0 Å². The first-order chi connectivity index (χ1) is 14.7. The highest BCUT2D eigenvalue weighted by Gasteiger charge is 2.35. The molecule has 0 bridgehead atoms. The van der Waals surface area contributed by atoms with Gasteiger partial charge in [-0.1, -0.05) is 18.2 Å². The fourth-order valence-electron chi connectivity index (χ4n) is 3.51. The van der Waals surface area contributed by atoms with Crippen LogP contribution < -0.4 is 0 Å². The van der Waals surface area contributed by atoms with Crippen molar-refractivity contribution < 1.29 is 27.1 Å². The molecule has 3 rings (SSSR count). The molecule has 2 aromatic rings. The summed E-state index contributed by atoms with van der Waals surface area (Å²) in [5, 5.41) is 1.69. The number of carbonyl (C=O) groups is 2. The number of halogens is 1. The summed E-state index contributed by atoms with van der Waals surface area (Å²) in [6.07, 6.45) is -0.00282. The van der Waals surface area contributed by atoms with Gasteiger partial charge in [0, 0.05) is 26.7 Å². The number of nitrogens with zero attached hydrogens (tertiary/aromatic N) is 2. The van der Waals surface area contributed by atoms with Crippen molar-refractivity contribution in [3.8, 4) is 0 Å². The summed E-state index contributed by atoms with van der Waals surface area (Å²) in [4.78, 5) is 26.6. The smallest absolute Gasteiger partial charge is 0.311 e. The number of sulfonamides is 1. The Morgan fingerprint density at radius 3 is 2.77 bits per heavy atom. The summed E-state index contributed by atoms with van der Waals surface area (Å²) in [7, 11) is -2.09. The maximum atomic E-state index is 13.3. The third-order valence-corrected chi connectivity index (χ3v) is 8.37. The number of esters is 1. The first kappa shape index (κ1) is 23.4. The second-order valence-corrected chi connectivity index (χ2v) is 10.7. The molecule has 1 amide bonds. The van der Waals surface area contributed by atoms with Crippen LogP contribution in [0.25, 0.3) is 0 Å². The third kappa shape index (κ3) is 5.69. The molecule has 0 aliphatic carbocycles. The van der Waals surface area contributed by atoms with Gasteiger partial charge >= 0.3 is 5.97 Å². The van der Waals surface area contributed by atoms with E-state index < -0.39 is 39.7 Å². The molecule has 2 unspecified atom stereocenters. The zero-order valence-corrected chi connectivity index (χ0v) is 19.0. The van der Waals surface area contributed by atoms with Crippen molar-refractivity contribution >= 4 is 33.2 Å². The van der Waals surface area contributed by atoms with Gasteiger partial charge in [-0.15, -0.1) is 11.3 Å². The summed E-state index contributed by atoms with van der Waals surface area (Å²) in [6, 6.07) is 9.13. The number of amides is 1. The molecular weight excluding hydrogens is 443 g/mol. The number of ether oxygens (including phenoxy) is 1. The van der Waals surface area contributed by atoms with E-state index in [9.17, 15) is 22.4 Å². The number of piperidine rings is 1. The van der Waals surface area contributed by atoms with E-state index in [1.54, 1.807) is 30.6 Å². The molecule has 2 heterocycles. The number of thiophene rings is 1. The Kier molecular flexibility index (Phi) is 7.45. The van der Waals surface area contributed by atoms with Gasteiger partial charge in [-0.25, -0.2) is 12.8 Å². The van der Waals surface area contributed by atoms with E-state index in [1.165, 1.54) is 34.3 Å². The van der Waals surface area contributed by atoms with Crippen molar-refractivity contribution in [2.45, 2.75) is 36.6 Å². The van der Waals surface area contributed by atoms with E-state index in [0.717, 1.165) is 11.3 Å². The predicted octanol–water partition coefficient (Wildman–Crippen LogP) is 2.88. The lowest BCUT2D eigenvalue weighted by Gasteiger charge is -2.31.